The van der Waals surface area contributed by atoms with E-state index in [0.29, 0.717) is 18.2 Å². The van der Waals surface area contributed by atoms with E-state index in [-0.39, 0.29) is 12.1 Å². The molecule has 0 radical (unpaired) electrons. The Labute approximate surface area is 118 Å². The van der Waals surface area contributed by atoms with Gasteiger partial charge in [-0.25, -0.2) is 4.79 Å². The third-order valence-corrected chi connectivity index (χ3v) is 3.55. The minimum Gasteiger partial charge on any atom is -0.449 e. The summed E-state index contributed by atoms with van der Waals surface area (Å²) in [6.07, 6.45) is 4.11. The summed E-state index contributed by atoms with van der Waals surface area (Å²) in [4.78, 5) is 18.2. The minimum atomic E-state index is -0.255. The topological polar surface area (TPSA) is 42.4 Å². The van der Waals surface area contributed by atoms with Crippen molar-refractivity contribution in [2.45, 2.75) is 45.7 Å². The molecule has 0 saturated carbocycles. The first-order valence-electron chi connectivity index (χ1n) is 6.75. The molecule has 1 aliphatic rings. The lowest BCUT2D eigenvalue weighted by Gasteiger charge is -2.22. The van der Waals surface area contributed by atoms with Crippen LogP contribution in [-0.2, 0) is 11.3 Å². The first kappa shape index (κ1) is 14.1. The standard InChI is InChI=1S/C14H19ClN2O2/c1-3-5-6-19-14(18)17-9-10-7-11(15)8-16-13(10)12(17)4-2/h7-8,12H,3-6,9H2,1-2H3. The predicted octanol–water partition coefficient (Wildman–Crippen LogP) is 3.94. The number of carbonyl (C=O) groups excluding carboxylic acids is 1. The smallest absolute Gasteiger partial charge is 0.410 e. The number of rotatable bonds is 4. The number of pyridine rings is 1. The molecule has 1 unspecified atom stereocenters. The number of hydrogen-bond acceptors (Lipinski definition) is 3. The zero-order chi connectivity index (χ0) is 13.8. The number of unbranched alkanes of at least 4 members (excludes halogenated alkanes) is 1. The predicted molar refractivity (Wildman–Crippen MR) is 74.1 cm³/mol. The highest BCUT2D eigenvalue weighted by molar-refractivity contribution is 6.30. The SMILES string of the molecule is CCCCOC(=O)N1Cc2cc(Cl)cnc2C1CC. The van der Waals surface area contributed by atoms with Gasteiger partial charge in [0.15, 0.2) is 0 Å². The Balaban J connectivity index is 2.10. The first-order valence-corrected chi connectivity index (χ1v) is 7.12. The summed E-state index contributed by atoms with van der Waals surface area (Å²) in [7, 11) is 0. The van der Waals surface area contributed by atoms with Gasteiger partial charge in [0.25, 0.3) is 0 Å². The van der Waals surface area contributed by atoms with Crippen LogP contribution in [0.1, 0.15) is 50.4 Å². The van der Waals surface area contributed by atoms with Crippen molar-refractivity contribution in [1.29, 1.82) is 0 Å². The highest BCUT2D eigenvalue weighted by Crippen LogP contribution is 2.35. The Kier molecular flexibility index (Phi) is 4.64. The number of nitrogens with zero attached hydrogens (tertiary/aromatic N) is 2. The molecule has 0 spiro atoms. The molecule has 2 rings (SSSR count). The van der Waals surface area contributed by atoms with E-state index < -0.39 is 0 Å². The maximum Gasteiger partial charge on any atom is 0.410 e. The molecule has 0 aliphatic carbocycles. The molecular weight excluding hydrogens is 264 g/mol. The van der Waals surface area contributed by atoms with Gasteiger partial charge in [0.05, 0.1) is 29.9 Å². The van der Waals surface area contributed by atoms with E-state index in [1.807, 2.05) is 13.0 Å². The third kappa shape index (κ3) is 3.00. The van der Waals surface area contributed by atoms with Crippen LogP contribution >= 0.6 is 11.6 Å². The second-order valence-corrected chi connectivity index (χ2v) is 5.15. The minimum absolute atomic E-state index is 0.00129. The van der Waals surface area contributed by atoms with Crippen LogP contribution in [0, 0.1) is 0 Å². The number of hydrogen-bond donors (Lipinski definition) is 0. The normalized spacial score (nSPS) is 17.4. The molecule has 0 fully saturated rings. The molecule has 19 heavy (non-hydrogen) atoms. The number of fused-ring (bicyclic) bond motifs is 1. The summed E-state index contributed by atoms with van der Waals surface area (Å²) in [6.45, 7) is 5.13. The molecule has 0 bridgehead atoms. The van der Waals surface area contributed by atoms with Crippen molar-refractivity contribution in [3.63, 3.8) is 0 Å². The van der Waals surface area contributed by atoms with Crippen LogP contribution in [0.2, 0.25) is 5.02 Å². The summed E-state index contributed by atoms with van der Waals surface area (Å²) in [5, 5.41) is 0.606. The number of carbonyl (C=O) groups is 1. The Morgan fingerprint density at radius 2 is 2.37 bits per heavy atom. The second-order valence-electron chi connectivity index (χ2n) is 4.72. The average Bonchev–Trinajstić information content (AvgIpc) is 2.76. The molecular formula is C14H19ClN2O2. The van der Waals surface area contributed by atoms with E-state index >= 15 is 0 Å². The number of amides is 1. The lowest BCUT2D eigenvalue weighted by atomic mass is 10.1. The molecule has 1 atom stereocenters. The number of ether oxygens (including phenoxy) is 1. The third-order valence-electron chi connectivity index (χ3n) is 3.35. The van der Waals surface area contributed by atoms with E-state index in [1.165, 1.54) is 0 Å². The van der Waals surface area contributed by atoms with Crippen LogP contribution in [0.3, 0.4) is 0 Å². The zero-order valence-corrected chi connectivity index (χ0v) is 12.1. The van der Waals surface area contributed by atoms with Gasteiger partial charge in [0.1, 0.15) is 0 Å². The van der Waals surface area contributed by atoms with Crippen LogP contribution < -0.4 is 0 Å². The van der Waals surface area contributed by atoms with E-state index in [2.05, 4.69) is 11.9 Å². The van der Waals surface area contributed by atoms with Crippen LogP contribution in [0.4, 0.5) is 4.79 Å². The van der Waals surface area contributed by atoms with Crippen molar-refractivity contribution in [2.75, 3.05) is 6.61 Å². The van der Waals surface area contributed by atoms with Gasteiger partial charge in [0.2, 0.25) is 0 Å². The maximum absolute atomic E-state index is 12.1. The van der Waals surface area contributed by atoms with Crippen molar-refractivity contribution >= 4 is 17.7 Å². The molecule has 0 saturated heterocycles. The molecule has 1 aliphatic heterocycles. The Morgan fingerprint density at radius 3 is 3.05 bits per heavy atom. The quantitative estimate of drug-likeness (QED) is 0.786. The van der Waals surface area contributed by atoms with Crippen LogP contribution in [-0.4, -0.2) is 22.6 Å². The number of halogens is 1. The highest BCUT2D eigenvalue weighted by atomic mass is 35.5. The van der Waals surface area contributed by atoms with Crippen LogP contribution in [0.15, 0.2) is 12.3 Å². The fourth-order valence-electron chi connectivity index (χ4n) is 2.35. The first-order chi connectivity index (χ1) is 9.17. The molecule has 1 aromatic heterocycles. The molecule has 4 nitrogen and oxygen atoms in total. The highest BCUT2D eigenvalue weighted by Gasteiger charge is 2.34. The van der Waals surface area contributed by atoms with Gasteiger partial charge in [0, 0.05) is 6.20 Å². The molecule has 104 valence electrons. The van der Waals surface area contributed by atoms with Gasteiger partial charge >= 0.3 is 6.09 Å². The maximum atomic E-state index is 12.1. The van der Waals surface area contributed by atoms with Gasteiger partial charge in [-0.15, -0.1) is 0 Å². The molecule has 0 aromatic carbocycles. The van der Waals surface area contributed by atoms with Crippen LogP contribution in [0.5, 0.6) is 0 Å². The van der Waals surface area contributed by atoms with Gasteiger partial charge in [-0.1, -0.05) is 31.9 Å². The van der Waals surface area contributed by atoms with Gasteiger partial charge in [-0.05, 0) is 24.5 Å². The van der Waals surface area contributed by atoms with Crippen molar-refractivity contribution in [3.8, 4) is 0 Å². The largest absolute Gasteiger partial charge is 0.449 e. The summed E-state index contributed by atoms with van der Waals surface area (Å²) >= 11 is 5.95. The number of aromatic nitrogens is 1. The monoisotopic (exact) mass is 282 g/mol. The molecule has 5 heteroatoms. The van der Waals surface area contributed by atoms with Crippen LogP contribution in [0.25, 0.3) is 0 Å². The lowest BCUT2D eigenvalue weighted by Crippen LogP contribution is -2.30. The molecule has 1 amide bonds. The van der Waals surface area contributed by atoms with E-state index in [1.54, 1.807) is 11.1 Å². The van der Waals surface area contributed by atoms with Crippen molar-refractivity contribution in [1.82, 2.24) is 9.88 Å². The van der Waals surface area contributed by atoms with Gasteiger partial charge in [-0.3, -0.25) is 9.88 Å². The Morgan fingerprint density at radius 1 is 1.58 bits per heavy atom. The summed E-state index contributed by atoms with van der Waals surface area (Å²) in [5.41, 5.74) is 1.96. The summed E-state index contributed by atoms with van der Waals surface area (Å²) in [5.74, 6) is 0. The Bertz CT molecular complexity index is 465. The zero-order valence-electron chi connectivity index (χ0n) is 11.4. The Hall–Kier alpha value is -1.29. The van der Waals surface area contributed by atoms with Gasteiger partial charge < -0.3 is 4.74 Å². The molecule has 2 heterocycles. The molecule has 1 aromatic rings. The van der Waals surface area contributed by atoms with E-state index in [0.717, 1.165) is 30.5 Å². The van der Waals surface area contributed by atoms with E-state index in [4.69, 9.17) is 16.3 Å². The van der Waals surface area contributed by atoms with Crippen molar-refractivity contribution in [2.24, 2.45) is 0 Å². The summed E-state index contributed by atoms with van der Waals surface area (Å²) in [6, 6.07) is 1.88. The fourth-order valence-corrected chi connectivity index (χ4v) is 2.53. The van der Waals surface area contributed by atoms with Crippen molar-refractivity contribution in [3.05, 3.63) is 28.5 Å². The fraction of sp³-hybridized carbons (Fsp3) is 0.571. The lowest BCUT2D eigenvalue weighted by molar-refractivity contribution is 0.0865. The van der Waals surface area contributed by atoms with Gasteiger partial charge in [-0.2, -0.15) is 0 Å². The summed E-state index contributed by atoms with van der Waals surface area (Å²) < 4.78 is 5.29. The second kappa shape index (κ2) is 6.24. The average molecular weight is 283 g/mol. The van der Waals surface area contributed by atoms with Crippen molar-refractivity contribution < 1.29 is 9.53 Å². The van der Waals surface area contributed by atoms with E-state index in [9.17, 15) is 4.79 Å². The molecule has 0 N–H and O–H groups in total.